The fraction of sp³-hybridized carbons (Fsp3) is 0.130. The maximum atomic E-state index is 12.5. The Hall–Kier alpha value is -3.36. The average molecular weight is 466 g/mol. The smallest absolute Gasteiger partial charge is 0.234 e. The van der Waals surface area contributed by atoms with Crippen LogP contribution in [0.3, 0.4) is 0 Å². The van der Waals surface area contributed by atoms with Crippen molar-refractivity contribution in [1.82, 2.24) is 19.7 Å². The van der Waals surface area contributed by atoms with Crippen LogP contribution < -0.4 is 10.1 Å². The Bertz CT molecular complexity index is 1180. The van der Waals surface area contributed by atoms with Gasteiger partial charge in [0.25, 0.3) is 0 Å². The third kappa shape index (κ3) is 5.66. The molecule has 0 saturated heterocycles. The van der Waals surface area contributed by atoms with Crippen molar-refractivity contribution in [3.63, 3.8) is 0 Å². The largest absolute Gasteiger partial charge is 0.497 e. The van der Waals surface area contributed by atoms with Gasteiger partial charge in [0.1, 0.15) is 5.75 Å². The van der Waals surface area contributed by atoms with Gasteiger partial charge in [-0.25, -0.2) is 9.67 Å². The van der Waals surface area contributed by atoms with Gasteiger partial charge in [-0.1, -0.05) is 35.5 Å². The highest BCUT2D eigenvalue weighted by Gasteiger charge is 2.15. The van der Waals surface area contributed by atoms with Crippen LogP contribution in [0.1, 0.15) is 5.56 Å². The van der Waals surface area contributed by atoms with E-state index in [1.165, 1.54) is 11.8 Å². The number of carbonyl (C=O) groups excluding carboxylic acids is 1. The van der Waals surface area contributed by atoms with Crippen LogP contribution in [0.5, 0.6) is 5.75 Å². The van der Waals surface area contributed by atoms with E-state index in [9.17, 15) is 4.79 Å². The van der Waals surface area contributed by atoms with Crippen LogP contribution in [0.15, 0.2) is 78.2 Å². The highest BCUT2D eigenvalue weighted by Crippen LogP contribution is 2.23. The molecule has 0 unspecified atom stereocenters. The maximum absolute atomic E-state index is 12.5. The molecule has 0 saturated carbocycles. The minimum atomic E-state index is -0.133. The number of carbonyl (C=O) groups is 1. The second kappa shape index (κ2) is 10.3. The zero-order valence-corrected chi connectivity index (χ0v) is 18.8. The van der Waals surface area contributed by atoms with Crippen molar-refractivity contribution in [3.8, 4) is 17.1 Å². The number of thioether (sulfide) groups is 1. The molecule has 7 nitrogen and oxygen atoms in total. The minimum Gasteiger partial charge on any atom is -0.497 e. The fourth-order valence-corrected chi connectivity index (χ4v) is 3.79. The van der Waals surface area contributed by atoms with Crippen LogP contribution in [-0.4, -0.2) is 38.5 Å². The SMILES string of the molecule is COc1ccc(NC(=O)CSc2nc(-c3ccncc3)nn2Cc2ccc(Cl)cc2)cc1. The number of aromatic nitrogens is 4. The first kappa shape index (κ1) is 21.9. The first-order chi connectivity index (χ1) is 15.6. The second-order valence-electron chi connectivity index (χ2n) is 6.80. The lowest BCUT2D eigenvalue weighted by molar-refractivity contribution is -0.113. The van der Waals surface area contributed by atoms with Crippen LogP contribution in [0.2, 0.25) is 5.02 Å². The number of hydrogen-bond acceptors (Lipinski definition) is 6. The molecule has 162 valence electrons. The van der Waals surface area contributed by atoms with Gasteiger partial charge >= 0.3 is 0 Å². The summed E-state index contributed by atoms with van der Waals surface area (Å²) >= 11 is 7.33. The normalized spacial score (nSPS) is 10.7. The number of anilines is 1. The fourth-order valence-electron chi connectivity index (χ4n) is 2.93. The molecule has 0 radical (unpaired) electrons. The van der Waals surface area contributed by atoms with E-state index >= 15 is 0 Å². The first-order valence-electron chi connectivity index (χ1n) is 9.77. The number of pyridine rings is 1. The van der Waals surface area contributed by atoms with E-state index in [0.717, 1.165) is 16.9 Å². The van der Waals surface area contributed by atoms with Crippen molar-refractivity contribution in [2.24, 2.45) is 0 Å². The summed E-state index contributed by atoms with van der Waals surface area (Å²) in [6, 6.07) is 18.5. The van der Waals surface area contributed by atoms with Crippen molar-refractivity contribution in [3.05, 3.63) is 83.6 Å². The van der Waals surface area contributed by atoms with E-state index in [2.05, 4.69) is 20.4 Å². The Kier molecular flexibility index (Phi) is 7.03. The van der Waals surface area contributed by atoms with Crippen molar-refractivity contribution < 1.29 is 9.53 Å². The predicted octanol–water partition coefficient (Wildman–Crippen LogP) is 4.78. The molecule has 1 N–H and O–H groups in total. The molecule has 0 atom stereocenters. The highest BCUT2D eigenvalue weighted by atomic mass is 35.5. The zero-order valence-electron chi connectivity index (χ0n) is 17.2. The van der Waals surface area contributed by atoms with Crippen LogP contribution >= 0.6 is 23.4 Å². The van der Waals surface area contributed by atoms with E-state index in [0.29, 0.717) is 28.2 Å². The lowest BCUT2D eigenvalue weighted by atomic mass is 10.2. The Labute approximate surface area is 194 Å². The van der Waals surface area contributed by atoms with Gasteiger partial charge in [-0.15, -0.1) is 5.10 Å². The molecular formula is C23H20ClN5O2S. The van der Waals surface area contributed by atoms with Gasteiger partial charge in [-0.2, -0.15) is 0 Å². The first-order valence-corrected chi connectivity index (χ1v) is 11.1. The maximum Gasteiger partial charge on any atom is 0.234 e. The number of rotatable bonds is 8. The standard InChI is InChI=1S/C23H20ClN5O2S/c1-31-20-8-6-19(7-9-20)26-21(30)15-32-23-27-22(17-10-12-25-13-11-17)28-29(23)14-16-2-4-18(24)5-3-16/h2-13H,14-15H2,1H3,(H,26,30). The molecule has 0 spiro atoms. The molecule has 4 rings (SSSR count). The average Bonchev–Trinajstić information content (AvgIpc) is 3.23. The van der Waals surface area contributed by atoms with Crippen LogP contribution in [-0.2, 0) is 11.3 Å². The van der Waals surface area contributed by atoms with E-state index < -0.39 is 0 Å². The molecule has 2 aromatic carbocycles. The molecule has 2 aromatic heterocycles. The van der Waals surface area contributed by atoms with Gasteiger partial charge in [-0.05, 0) is 54.1 Å². The predicted molar refractivity (Wildman–Crippen MR) is 126 cm³/mol. The molecular weight excluding hydrogens is 446 g/mol. The van der Waals surface area contributed by atoms with Crippen LogP contribution in [0, 0.1) is 0 Å². The number of amides is 1. The van der Waals surface area contributed by atoms with Gasteiger partial charge < -0.3 is 10.1 Å². The minimum absolute atomic E-state index is 0.133. The van der Waals surface area contributed by atoms with E-state index in [4.69, 9.17) is 16.3 Å². The molecule has 0 aliphatic heterocycles. The number of ether oxygens (including phenoxy) is 1. The zero-order chi connectivity index (χ0) is 22.3. The molecule has 1 amide bonds. The lowest BCUT2D eigenvalue weighted by Crippen LogP contribution is -2.14. The van der Waals surface area contributed by atoms with E-state index in [-0.39, 0.29) is 11.7 Å². The van der Waals surface area contributed by atoms with E-state index in [1.54, 1.807) is 48.5 Å². The lowest BCUT2D eigenvalue weighted by Gasteiger charge is -2.07. The molecule has 2 heterocycles. The summed E-state index contributed by atoms with van der Waals surface area (Å²) < 4.78 is 6.94. The molecule has 0 aliphatic carbocycles. The van der Waals surface area contributed by atoms with Gasteiger partial charge in [0, 0.05) is 28.7 Å². The summed E-state index contributed by atoms with van der Waals surface area (Å²) in [6.07, 6.45) is 3.40. The van der Waals surface area contributed by atoms with Gasteiger partial charge in [0.2, 0.25) is 5.91 Å². The Balaban J connectivity index is 1.49. The molecule has 0 bridgehead atoms. The Morgan fingerprint density at radius 1 is 1.06 bits per heavy atom. The van der Waals surface area contributed by atoms with Gasteiger partial charge in [-0.3, -0.25) is 9.78 Å². The Morgan fingerprint density at radius 2 is 1.78 bits per heavy atom. The molecule has 4 aromatic rings. The second-order valence-corrected chi connectivity index (χ2v) is 8.18. The topological polar surface area (TPSA) is 81.9 Å². The van der Waals surface area contributed by atoms with Crippen molar-refractivity contribution in [2.45, 2.75) is 11.7 Å². The monoisotopic (exact) mass is 465 g/mol. The molecule has 9 heteroatoms. The van der Waals surface area contributed by atoms with Crippen LogP contribution in [0.4, 0.5) is 5.69 Å². The van der Waals surface area contributed by atoms with Gasteiger partial charge in [0.05, 0.1) is 19.4 Å². The quantitative estimate of drug-likeness (QED) is 0.377. The van der Waals surface area contributed by atoms with Crippen molar-refractivity contribution >= 4 is 35.0 Å². The number of nitrogens with one attached hydrogen (secondary N) is 1. The summed E-state index contributed by atoms with van der Waals surface area (Å²) in [5, 5.41) is 8.86. The number of benzene rings is 2. The third-order valence-corrected chi connectivity index (χ3v) is 5.75. The van der Waals surface area contributed by atoms with E-state index in [1.807, 2.05) is 36.4 Å². The third-order valence-electron chi connectivity index (χ3n) is 4.53. The summed E-state index contributed by atoms with van der Waals surface area (Å²) in [4.78, 5) is 21.2. The Morgan fingerprint density at radius 3 is 2.47 bits per heavy atom. The van der Waals surface area contributed by atoms with Crippen molar-refractivity contribution in [1.29, 1.82) is 0 Å². The molecule has 0 fully saturated rings. The molecule has 0 aliphatic rings. The summed E-state index contributed by atoms with van der Waals surface area (Å²) in [5.74, 6) is 1.38. The number of hydrogen-bond donors (Lipinski definition) is 1. The summed E-state index contributed by atoms with van der Waals surface area (Å²) in [5.41, 5.74) is 2.60. The number of halogens is 1. The summed E-state index contributed by atoms with van der Waals surface area (Å²) in [7, 11) is 1.60. The highest BCUT2D eigenvalue weighted by molar-refractivity contribution is 7.99. The van der Waals surface area contributed by atoms with Gasteiger partial charge in [0.15, 0.2) is 11.0 Å². The van der Waals surface area contributed by atoms with Crippen molar-refractivity contribution in [2.75, 3.05) is 18.2 Å². The molecule has 32 heavy (non-hydrogen) atoms. The number of nitrogens with zero attached hydrogens (tertiary/aromatic N) is 4. The van der Waals surface area contributed by atoms with Crippen LogP contribution in [0.25, 0.3) is 11.4 Å². The summed E-state index contributed by atoms with van der Waals surface area (Å²) in [6.45, 7) is 0.512. The number of methoxy groups -OCH3 is 1.